The van der Waals surface area contributed by atoms with Crippen LogP contribution in [0.3, 0.4) is 0 Å². The molecule has 1 unspecified atom stereocenters. The molecule has 1 aromatic heterocycles. The number of ether oxygens (including phenoxy) is 1. The minimum atomic E-state index is -0.656. The van der Waals surface area contributed by atoms with Crippen LogP contribution in [0.4, 0.5) is 0 Å². The van der Waals surface area contributed by atoms with Crippen molar-refractivity contribution in [1.82, 2.24) is 25.2 Å². The molecule has 2 aromatic carbocycles. The normalized spacial score (nSPS) is 16.5. The first kappa shape index (κ1) is 24.5. The van der Waals surface area contributed by atoms with Gasteiger partial charge in [0.15, 0.2) is 0 Å². The lowest BCUT2D eigenvalue weighted by Gasteiger charge is -2.29. The summed E-state index contributed by atoms with van der Waals surface area (Å²) in [6.07, 6.45) is 2.63. The summed E-state index contributed by atoms with van der Waals surface area (Å²) >= 11 is 0. The van der Waals surface area contributed by atoms with E-state index in [0.29, 0.717) is 30.0 Å². The van der Waals surface area contributed by atoms with Crippen LogP contribution in [-0.2, 0) is 38.9 Å². The number of imide groups is 1. The summed E-state index contributed by atoms with van der Waals surface area (Å²) in [6.45, 7) is 3.13. The highest BCUT2D eigenvalue weighted by molar-refractivity contribution is 6.05. The summed E-state index contributed by atoms with van der Waals surface area (Å²) in [6, 6.07) is 12.9. The van der Waals surface area contributed by atoms with Crippen LogP contribution in [0.2, 0.25) is 0 Å². The molecule has 36 heavy (non-hydrogen) atoms. The molecule has 0 spiro atoms. The van der Waals surface area contributed by atoms with Crippen LogP contribution in [0.5, 0.6) is 5.75 Å². The van der Waals surface area contributed by atoms with E-state index in [0.717, 1.165) is 11.1 Å². The van der Waals surface area contributed by atoms with Gasteiger partial charge >= 0.3 is 6.15 Å². The number of amides is 3. The lowest BCUT2D eigenvalue weighted by atomic mass is 10.0. The van der Waals surface area contributed by atoms with Crippen LogP contribution in [0, 0.1) is 6.92 Å². The molecular formula is C25H23N5O6. The van der Waals surface area contributed by atoms with Crippen LogP contribution < -0.4 is 10.1 Å². The number of aryl methyl sites for hydroxylation is 1. The fraction of sp³-hybridized carbons (Fsp3) is 0.280. The average molecular weight is 489 g/mol. The Hall–Kier alpha value is -4.63. The predicted octanol–water partition coefficient (Wildman–Crippen LogP) is 1.39. The fourth-order valence-corrected chi connectivity index (χ4v) is 4.32. The maximum absolute atomic E-state index is 12.9. The van der Waals surface area contributed by atoms with Crippen molar-refractivity contribution in [1.29, 1.82) is 0 Å². The fourth-order valence-electron chi connectivity index (χ4n) is 4.32. The molecule has 3 heterocycles. The summed E-state index contributed by atoms with van der Waals surface area (Å²) in [4.78, 5) is 54.4. The van der Waals surface area contributed by atoms with Gasteiger partial charge < -0.3 is 9.64 Å². The van der Waals surface area contributed by atoms with Crippen molar-refractivity contribution in [3.8, 4) is 5.75 Å². The van der Waals surface area contributed by atoms with E-state index in [1.807, 2.05) is 18.3 Å². The second-order valence-electron chi connectivity index (χ2n) is 8.45. The Morgan fingerprint density at radius 1 is 1.14 bits per heavy atom. The summed E-state index contributed by atoms with van der Waals surface area (Å²) in [5, 5.41) is 10.7. The Kier molecular flexibility index (Phi) is 7.31. The Labute approximate surface area is 206 Å². The lowest BCUT2D eigenvalue weighted by molar-refractivity contribution is -0.191. The number of carbonyl (C=O) groups is 3. The Balaban J connectivity index is 0.000000967. The molecule has 0 aliphatic carbocycles. The number of nitrogens with zero attached hydrogens (tertiary/aromatic N) is 4. The average Bonchev–Trinajstić information content (AvgIpc) is 3.43. The van der Waals surface area contributed by atoms with Crippen molar-refractivity contribution in [2.24, 2.45) is 0 Å². The molecule has 3 amide bonds. The number of aromatic nitrogens is 3. The van der Waals surface area contributed by atoms with Crippen molar-refractivity contribution < 1.29 is 28.7 Å². The number of hydrogen-bond acceptors (Lipinski definition) is 8. The van der Waals surface area contributed by atoms with Gasteiger partial charge in [-0.3, -0.25) is 19.7 Å². The van der Waals surface area contributed by atoms with Gasteiger partial charge in [0.2, 0.25) is 11.8 Å². The maximum atomic E-state index is 12.9. The van der Waals surface area contributed by atoms with Crippen molar-refractivity contribution in [3.63, 3.8) is 0 Å². The third kappa shape index (κ3) is 5.37. The van der Waals surface area contributed by atoms with E-state index >= 15 is 0 Å². The van der Waals surface area contributed by atoms with E-state index in [1.165, 1.54) is 10.5 Å². The molecule has 0 bridgehead atoms. The highest BCUT2D eigenvalue weighted by Gasteiger charge is 2.40. The Bertz CT molecular complexity index is 1340. The number of piperidine rings is 1. The number of carbonyl (C=O) groups excluding carboxylic acids is 5. The molecular weight excluding hydrogens is 466 g/mol. The van der Waals surface area contributed by atoms with E-state index < -0.39 is 11.9 Å². The number of rotatable bonds is 6. The Morgan fingerprint density at radius 3 is 2.67 bits per heavy atom. The molecule has 1 N–H and O–H groups in total. The van der Waals surface area contributed by atoms with Crippen LogP contribution in [0.1, 0.15) is 45.6 Å². The summed E-state index contributed by atoms with van der Waals surface area (Å²) < 4.78 is 7.76. The number of hydrogen-bond donors (Lipinski definition) is 1. The monoisotopic (exact) mass is 489 g/mol. The third-order valence-corrected chi connectivity index (χ3v) is 5.93. The molecule has 1 saturated heterocycles. The van der Waals surface area contributed by atoms with Gasteiger partial charge in [-0.15, -0.1) is 5.10 Å². The van der Waals surface area contributed by atoms with Gasteiger partial charge in [0.1, 0.15) is 24.1 Å². The van der Waals surface area contributed by atoms with Gasteiger partial charge in [0.05, 0.1) is 19.3 Å². The van der Waals surface area contributed by atoms with Crippen LogP contribution in [0.15, 0.2) is 48.7 Å². The van der Waals surface area contributed by atoms with Gasteiger partial charge in [-0.05, 0) is 31.0 Å². The van der Waals surface area contributed by atoms with E-state index in [1.54, 1.807) is 22.9 Å². The third-order valence-electron chi connectivity index (χ3n) is 5.93. The van der Waals surface area contributed by atoms with Gasteiger partial charge in [-0.1, -0.05) is 41.1 Å². The standard InChI is InChI=1S/C24H23N5O4.CO2/c1-15-4-2-5-16(10-15)11-28-12-17(26-27-28)14-33-21-7-3-6-18-19(21)13-29(24(18)32)20-8-9-22(30)25-23(20)31;2-1-3/h2-7,10,12,20H,8-9,11,13-14H2,1H3,(H,25,30,31);. The molecule has 2 aliphatic heterocycles. The second kappa shape index (κ2) is 10.7. The van der Waals surface area contributed by atoms with Crippen LogP contribution in [0.25, 0.3) is 0 Å². The largest absolute Gasteiger partial charge is 0.487 e. The first-order valence-electron chi connectivity index (χ1n) is 11.2. The highest BCUT2D eigenvalue weighted by Crippen LogP contribution is 2.33. The first-order valence-corrected chi connectivity index (χ1v) is 11.2. The smallest absolute Gasteiger partial charge is 0.373 e. The predicted molar refractivity (Wildman–Crippen MR) is 122 cm³/mol. The minimum Gasteiger partial charge on any atom is -0.487 e. The van der Waals surface area contributed by atoms with Gasteiger partial charge in [-0.2, -0.15) is 9.59 Å². The van der Waals surface area contributed by atoms with E-state index in [4.69, 9.17) is 14.3 Å². The van der Waals surface area contributed by atoms with Gasteiger partial charge in [0, 0.05) is 17.5 Å². The molecule has 1 atom stereocenters. The van der Waals surface area contributed by atoms with E-state index in [9.17, 15) is 14.4 Å². The molecule has 2 aliphatic rings. The first-order chi connectivity index (χ1) is 17.4. The maximum Gasteiger partial charge on any atom is 0.373 e. The zero-order chi connectivity index (χ0) is 25.7. The molecule has 11 heteroatoms. The van der Waals surface area contributed by atoms with E-state index in [-0.39, 0.29) is 37.5 Å². The molecule has 0 radical (unpaired) electrons. The summed E-state index contributed by atoms with van der Waals surface area (Å²) in [7, 11) is 0. The highest BCUT2D eigenvalue weighted by atomic mass is 16.5. The Morgan fingerprint density at radius 2 is 1.92 bits per heavy atom. The van der Waals surface area contributed by atoms with Crippen LogP contribution in [-0.4, -0.2) is 49.8 Å². The number of fused-ring (bicyclic) bond motifs is 1. The molecule has 1 fully saturated rings. The molecule has 5 rings (SSSR count). The summed E-state index contributed by atoms with van der Waals surface area (Å²) in [5.41, 5.74) is 4.25. The zero-order valence-electron chi connectivity index (χ0n) is 19.5. The van der Waals surface area contributed by atoms with Crippen molar-refractivity contribution in [2.45, 2.75) is 45.5 Å². The second-order valence-corrected chi connectivity index (χ2v) is 8.45. The number of nitrogens with one attached hydrogen (secondary N) is 1. The molecule has 3 aromatic rings. The molecule has 11 nitrogen and oxygen atoms in total. The molecule has 184 valence electrons. The van der Waals surface area contributed by atoms with Gasteiger partial charge in [0.25, 0.3) is 5.91 Å². The summed E-state index contributed by atoms with van der Waals surface area (Å²) in [5.74, 6) is -0.391. The van der Waals surface area contributed by atoms with Crippen molar-refractivity contribution in [3.05, 3.63) is 76.6 Å². The van der Waals surface area contributed by atoms with Crippen molar-refractivity contribution >= 4 is 23.9 Å². The quantitative estimate of drug-likeness (QED) is 0.512. The van der Waals surface area contributed by atoms with Crippen molar-refractivity contribution in [2.75, 3.05) is 0 Å². The topological polar surface area (TPSA) is 141 Å². The minimum absolute atomic E-state index is 0.205. The lowest BCUT2D eigenvalue weighted by Crippen LogP contribution is -2.52. The zero-order valence-corrected chi connectivity index (χ0v) is 19.5. The van der Waals surface area contributed by atoms with E-state index in [2.05, 4.69) is 34.7 Å². The SMILES string of the molecule is Cc1cccc(Cn2cc(COc3cccc4c3CN(C3CCC(=O)NC3=O)C4=O)nn2)c1.O=C=O. The van der Waals surface area contributed by atoms with Gasteiger partial charge in [-0.25, -0.2) is 4.68 Å². The molecule has 0 saturated carbocycles. The van der Waals surface area contributed by atoms with Crippen LogP contribution >= 0.6 is 0 Å². The number of benzene rings is 2.